The predicted molar refractivity (Wildman–Crippen MR) is 63.9 cm³/mol. The highest BCUT2D eigenvalue weighted by Gasteiger charge is 2.13. The first-order chi connectivity index (χ1) is 5.21. The predicted octanol–water partition coefficient (Wildman–Crippen LogP) is 4.60. The van der Waals surface area contributed by atoms with Crippen LogP contribution in [0.2, 0.25) is 0 Å². The summed E-state index contributed by atoms with van der Waals surface area (Å²) >= 11 is 0. The van der Waals surface area contributed by atoms with Gasteiger partial charge in [-0.15, -0.1) is 0 Å². The maximum Gasteiger partial charge on any atom is 0.0179 e. The smallest absolute Gasteiger partial charge is 0.0179 e. The molecule has 0 fully saturated rings. The molecule has 74 valence electrons. The lowest BCUT2D eigenvalue weighted by atomic mass is 9.94. The summed E-state index contributed by atoms with van der Waals surface area (Å²) in [6.45, 7) is 13.7. The van der Waals surface area contributed by atoms with Gasteiger partial charge >= 0.3 is 0 Å². The van der Waals surface area contributed by atoms with Gasteiger partial charge in [-0.05, 0) is 11.8 Å². The van der Waals surface area contributed by atoms with E-state index in [-0.39, 0.29) is 0 Å². The number of hydrogen-bond donors (Lipinski definition) is 0. The molecule has 0 aromatic carbocycles. The van der Waals surface area contributed by atoms with Gasteiger partial charge < -0.3 is 0 Å². The van der Waals surface area contributed by atoms with Crippen LogP contribution in [0.3, 0.4) is 0 Å². The zero-order valence-electron chi connectivity index (χ0n) is 9.23. The van der Waals surface area contributed by atoms with E-state index in [1.807, 2.05) is 21.6 Å². The molecule has 0 unspecified atom stereocenters. The van der Waals surface area contributed by atoms with Crippen LogP contribution in [0, 0.1) is 5.41 Å². The Morgan fingerprint density at radius 3 is 1.75 bits per heavy atom. The molecule has 0 saturated heterocycles. The molecule has 0 aromatic rings. The monoisotopic (exact) mass is 206 g/mol. The van der Waals surface area contributed by atoms with Crippen molar-refractivity contribution in [1.82, 2.24) is 0 Å². The van der Waals surface area contributed by atoms with Gasteiger partial charge in [0.05, 0.1) is 0 Å². The Kier molecular flexibility index (Phi) is 5.08. The standard InChI is InChI=1S/C10H22S2/c1-9(2,3)7-8-11-12-10(4,5)6/h7-8H2,1-6H3. The second-order valence-corrected chi connectivity index (χ2v) is 8.57. The molecule has 0 heterocycles. The summed E-state index contributed by atoms with van der Waals surface area (Å²) in [5.41, 5.74) is 0.492. The molecule has 12 heavy (non-hydrogen) atoms. The van der Waals surface area contributed by atoms with Gasteiger partial charge in [-0.25, -0.2) is 0 Å². The highest BCUT2D eigenvalue weighted by Crippen LogP contribution is 2.36. The average Bonchev–Trinajstić information content (AvgIpc) is 1.76. The summed E-state index contributed by atoms with van der Waals surface area (Å²) in [4.78, 5) is 0. The molecule has 0 nitrogen and oxygen atoms in total. The van der Waals surface area contributed by atoms with Crippen molar-refractivity contribution in [2.75, 3.05) is 5.75 Å². The quantitative estimate of drug-likeness (QED) is 0.489. The van der Waals surface area contributed by atoms with Crippen LogP contribution in [0.1, 0.15) is 48.0 Å². The minimum atomic E-state index is 0.405. The number of rotatable bonds is 3. The maximum absolute atomic E-state index is 2.30. The fraction of sp³-hybridized carbons (Fsp3) is 1.00. The van der Waals surface area contributed by atoms with Crippen LogP contribution in [-0.4, -0.2) is 10.5 Å². The summed E-state index contributed by atoms with van der Waals surface area (Å²) in [6.07, 6.45) is 1.31. The maximum atomic E-state index is 2.30. The first-order valence-electron chi connectivity index (χ1n) is 4.51. The molecular weight excluding hydrogens is 184 g/mol. The van der Waals surface area contributed by atoms with E-state index in [0.717, 1.165) is 0 Å². The summed E-state index contributed by atoms with van der Waals surface area (Å²) in [5, 5.41) is 0. The van der Waals surface area contributed by atoms with Gasteiger partial charge in [0.15, 0.2) is 0 Å². The van der Waals surface area contributed by atoms with Crippen LogP contribution in [0.4, 0.5) is 0 Å². The summed E-state index contributed by atoms with van der Waals surface area (Å²) < 4.78 is 0.405. The lowest BCUT2D eigenvalue weighted by Gasteiger charge is -2.20. The molecule has 0 aliphatic carbocycles. The highest BCUT2D eigenvalue weighted by molar-refractivity contribution is 8.77. The van der Waals surface area contributed by atoms with Crippen molar-refractivity contribution >= 4 is 21.6 Å². The molecule has 0 saturated carbocycles. The summed E-state index contributed by atoms with van der Waals surface area (Å²) in [6, 6.07) is 0. The molecule has 0 radical (unpaired) electrons. The summed E-state index contributed by atoms with van der Waals surface area (Å²) in [7, 11) is 3.99. The molecule has 0 rings (SSSR count). The molecule has 0 aliphatic rings. The van der Waals surface area contributed by atoms with Gasteiger partial charge in [0.1, 0.15) is 0 Å². The van der Waals surface area contributed by atoms with E-state index < -0.39 is 0 Å². The molecule has 0 spiro atoms. The van der Waals surface area contributed by atoms with Crippen LogP contribution in [0.15, 0.2) is 0 Å². The number of hydrogen-bond acceptors (Lipinski definition) is 2. The van der Waals surface area contributed by atoms with Gasteiger partial charge in [0.2, 0.25) is 0 Å². The van der Waals surface area contributed by atoms with Gasteiger partial charge in [-0.2, -0.15) is 0 Å². The van der Waals surface area contributed by atoms with Crippen molar-refractivity contribution in [1.29, 1.82) is 0 Å². The Labute approximate surface area is 85.7 Å². The molecule has 0 amide bonds. The van der Waals surface area contributed by atoms with Crippen molar-refractivity contribution in [3.05, 3.63) is 0 Å². The zero-order chi connectivity index (χ0) is 9.83. The van der Waals surface area contributed by atoms with Crippen molar-refractivity contribution in [2.24, 2.45) is 5.41 Å². The van der Waals surface area contributed by atoms with Gasteiger partial charge in [0, 0.05) is 10.5 Å². The van der Waals surface area contributed by atoms with Crippen LogP contribution in [0.5, 0.6) is 0 Å². The van der Waals surface area contributed by atoms with Crippen LogP contribution < -0.4 is 0 Å². The zero-order valence-corrected chi connectivity index (χ0v) is 10.9. The van der Waals surface area contributed by atoms with Gasteiger partial charge in [-0.3, -0.25) is 0 Å². The first kappa shape index (κ1) is 12.7. The third-order valence-electron chi connectivity index (χ3n) is 1.24. The Hall–Kier alpha value is 0.700. The van der Waals surface area contributed by atoms with E-state index in [9.17, 15) is 0 Å². The Morgan fingerprint density at radius 1 is 0.917 bits per heavy atom. The fourth-order valence-corrected chi connectivity index (χ4v) is 3.26. The SMILES string of the molecule is CC(C)(C)CCSSC(C)(C)C. The first-order valence-corrected chi connectivity index (χ1v) is 6.83. The Bertz CT molecular complexity index is 101. The van der Waals surface area contributed by atoms with Crippen LogP contribution in [0.25, 0.3) is 0 Å². The second kappa shape index (κ2) is 4.80. The largest absolute Gasteiger partial charge is 0.0936 e. The molecule has 2 heteroatoms. The molecule has 0 atom stereocenters. The second-order valence-electron chi connectivity index (χ2n) is 5.33. The Balaban J connectivity index is 3.35. The van der Waals surface area contributed by atoms with Crippen LogP contribution >= 0.6 is 21.6 Å². The minimum absolute atomic E-state index is 0.405. The molecule has 0 aliphatic heterocycles. The lowest BCUT2D eigenvalue weighted by molar-refractivity contribution is 0.402. The van der Waals surface area contributed by atoms with E-state index in [1.165, 1.54) is 12.2 Å². The van der Waals surface area contributed by atoms with Crippen molar-refractivity contribution in [2.45, 2.75) is 52.7 Å². The fourth-order valence-electron chi connectivity index (χ4n) is 0.566. The highest BCUT2D eigenvalue weighted by atomic mass is 33.1. The van der Waals surface area contributed by atoms with E-state index >= 15 is 0 Å². The van der Waals surface area contributed by atoms with Crippen molar-refractivity contribution < 1.29 is 0 Å². The third-order valence-corrected chi connectivity index (χ3v) is 4.59. The van der Waals surface area contributed by atoms with Gasteiger partial charge in [0.25, 0.3) is 0 Å². The van der Waals surface area contributed by atoms with E-state index in [1.54, 1.807) is 0 Å². The van der Waals surface area contributed by atoms with Crippen LogP contribution in [-0.2, 0) is 0 Å². The normalized spacial score (nSPS) is 13.5. The van der Waals surface area contributed by atoms with E-state index in [4.69, 9.17) is 0 Å². The summed E-state index contributed by atoms with van der Waals surface area (Å²) in [5.74, 6) is 1.27. The topological polar surface area (TPSA) is 0 Å². The average molecular weight is 206 g/mol. The molecule has 0 aromatic heterocycles. The lowest BCUT2D eigenvalue weighted by Crippen LogP contribution is -2.07. The molecule has 0 N–H and O–H groups in total. The Morgan fingerprint density at radius 2 is 1.42 bits per heavy atom. The van der Waals surface area contributed by atoms with E-state index in [0.29, 0.717) is 10.2 Å². The minimum Gasteiger partial charge on any atom is -0.0936 e. The van der Waals surface area contributed by atoms with Crippen molar-refractivity contribution in [3.8, 4) is 0 Å². The third kappa shape index (κ3) is 10.7. The van der Waals surface area contributed by atoms with E-state index in [2.05, 4.69) is 41.5 Å². The van der Waals surface area contributed by atoms with Gasteiger partial charge in [-0.1, -0.05) is 63.1 Å². The van der Waals surface area contributed by atoms with Crippen molar-refractivity contribution in [3.63, 3.8) is 0 Å². The molecular formula is C10H22S2. The molecule has 0 bridgehead atoms.